The molecular formula is C17H26N4O. The summed E-state index contributed by atoms with van der Waals surface area (Å²) < 4.78 is 0. The Hall–Kier alpha value is -1.88. The van der Waals surface area contributed by atoms with Gasteiger partial charge in [-0.15, -0.1) is 0 Å². The molecule has 22 heavy (non-hydrogen) atoms. The van der Waals surface area contributed by atoms with E-state index in [1.165, 1.54) is 0 Å². The Bertz CT molecular complexity index is 578. The summed E-state index contributed by atoms with van der Waals surface area (Å²) in [6.45, 7) is 8.71. The molecule has 0 bridgehead atoms. The Labute approximate surface area is 133 Å². The second-order valence-corrected chi connectivity index (χ2v) is 6.64. The van der Waals surface area contributed by atoms with Gasteiger partial charge >= 0.3 is 0 Å². The molecule has 5 heteroatoms. The molecule has 0 saturated heterocycles. The van der Waals surface area contributed by atoms with E-state index in [9.17, 15) is 4.79 Å². The molecule has 0 spiro atoms. The molecule has 1 aliphatic heterocycles. The van der Waals surface area contributed by atoms with Gasteiger partial charge in [0.15, 0.2) is 0 Å². The lowest BCUT2D eigenvalue weighted by molar-refractivity contribution is -0.119. The van der Waals surface area contributed by atoms with Gasteiger partial charge in [0.1, 0.15) is 18.0 Å². The third-order valence-electron chi connectivity index (χ3n) is 4.49. The summed E-state index contributed by atoms with van der Waals surface area (Å²) in [7, 11) is 3.72. The number of aliphatic imine (C=N–C) groups is 1. The third kappa shape index (κ3) is 2.86. The van der Waals surface area contributed by atoms with Crippen LogP contribution in [0.5, 0.6) is 0 Å². The molecule has 1 amide bonds. The Kier molecular flexibility index (Phi) is 4.29. The summed E-state index contributed by atoms with van der Waals surface area (Å²) in [5.41, 5.74) is 0.422. The maximum Gasteiger partial charge on any atom is 0.239 e. The van der Waals surface area contributed by atoms with Gasteiger partial charge in [0.2, 0.25) is 5.91 Å². The topological polar surface area (TPSA) is 47.9 Å². The van der Waals surface area contributed by atoms with E-state index < -0.39 is 0 Å². The van der Waals surface area contributed by atoms with E-state index in [2.05, 4.69) is 45.0 Å². The zero-order valence-electron chi connectivity index (χ0n) is 14.3. The van der Waals surface area contributed by atoms with Crippen molar-refractivity contribution < 1.29 is 4.79 Å². The summed E-state index contributed by atoms with van der Waals surface area (Å²) in [6, 6.07) is 9.94. The number of rotatable bonds is 3. The van der Waals surface area contributed by atoms with Gasteiger partial charge in [0.05, 0.1) is 5.54 Å². The maximum absolute atomic E-state index is 12.0. The Morgan fingerprint density at radius 1 is 1.23 bits per heavy atom. The Balaban J connectivity index is 2.48. The predicted octanol–water partition coefficient (Wildman–Crippen LogP) is 2.10. The number of carbonyl (C=O) groups excluding carboxylic acids is 1. The van der Waals surface area contributed by atoms with Crippen molar-refractivity contribution in [3.8, 4) is 0 Å². The molecule has 0 aliphatic carbocycles. The van der Waals surface area contributed by atoms with Crippen LogP contribution in [-0.2, 0) is 4.79 Å². The van der Waals surface area contributed by atoms with Crippen molar-refractivity contribution >= 4 is 17.4 Å². The quantitative estimate of drug-likeness (QED) is 0.930. The zero-order chi connectivity index (χ0) is 16.5. The lowest BCUT2D eigenvalue weighted by Gasteiger charge is -2.38. The van der Waals surface area contributed by atoms with Crippen LogP contribution in [0.15, 0.2) is 35.3 Å². The molecule has 0 atom stereocenters. The first-order valence-corrected chi connectivity index (χ1v) is 7.57. The number of para-hydroxylation sites is 1. The number of amidine groups is 1. The Morgan fingerprint density at radius 3 is 2.27 bits per heavy atom. The normalized spacial score (nSPS) is 19.6. The fraction of sp³-hybridized carbons (Fsp3) is 0.529. The molecule has 1 aromatic carbocycles. The van der Waals surface area contributed by atoms with E-state index in [0.717, 1.165) is 11.5 Å². The van der Waals surface area contributed by atoms with Crippen LogP contribution in [0.4, 0.5) is 5.69 Å². The van der Waals surface area contributed by atoms with Gasteiger partial charge in [0, 0.05) is 12.7 Å². The van der Waals surface area contributed by atoms with E-state index in [1.54, 1.807) is 7.05 Å². The summed E-state index contributed by atoms with van der Waals surface area (Å²) in [4.78, 5) is 21.1. The number of likely N-dealkylation sites (N-methyl/N-ethyl adjacent to an activating group) is 2. The fourth-order valence-corrected chi connectivity index (χ4v) is 2.81. The first kappa shape index (κ1) is 16.5. The minimum atomic E-state index is -0.297. The highest BCUT2D eigenvalue weighted by molar-refractivity contribution is 6.08. The molecule has 1 aliphatic rings. The minimum absolute atomic E-state index is 0.0327. The minimum Gasteiger partial charge on any atom is -0.358 e. The van der Waals surface area contributed by atoms with Crippen molar-refractivity contribution in [2.24, 2.45) is 4.99 Å². The zero-order valence-corrected chi connectivity index (χ0v) is 14.3. The second kappa shape index (κ2) is 5.72. The van der Waals surface area contributed by atoms with E-state index in [0.29, 0.717) is 0 Å². The number of amides is 1. The molecule has 0 unspecified atom stereocenters. The van der Waals surface area contributed by atoms with Gasteiger partial charge in [0.25, 0.3) is 0 Å². The van der Waals surface area contributed by atoms with Crippen molar-refractivity contribution in [1.29, 1.82) is 0 Å². The molecule has 0 fully saturated rings. The van der Waals surface area contributed by atoms with Gasteiger partial charge in [-0.2, -0.15) is 0 Å². The van der Waals surface area contributed by atoms with Crippen molar-refractivity contribution in [3.63, 3.8) is 0 Å². The van der Waals surface area contributed by atoms with Crippen LogP contribution >= 0.6 is 0 Å². The smallest absolute Gasteiger partial charge is 0.239 e. The number of hydrogen-bond donors (Lipinski definition) is 1. The molecule has 0 saturated carbocycles. The van der Waals surface area contributed by atoms with Gasteiger partial charge < -0.3 is 10.2 Å². The van der Waals surface area contributed by atoms with Crippen molar-refractivity contribution in [3.05, 3.63) is 30.3 Å². The number of carbonyl (C=O) groups is 1. The van der Waals surface area contributed by atoms with Crippen molar-refractivity contribution in [1.82, 2.24) is 10.2 Å². The third-order valence-corrected chi connectivity index (χ3v) is 4.49. The maximum atomic E-state index is 12.0. The highest BCUT2D eigenvalue weighted by Crippen LogP contribution is 2.35. The summed E-state index contributed by atoms with van der Waals surface area (Å²) in [5.74, 6) is 0.879. The van der Waals surface area contributed by atoms with Crippen molar-refractivity contribution in [2.75, 3.05) is 25.5 Å². The van der Waals surface area contributed by atoms with Crippen LogP contribution in [0.2, 0.25) is 0 Å². The van der Waals surface area contributed by atoms with Crippen LogP contribution in [0.3, 0.4) is 0 Å². The molecule has 0 radical (unpaired) electrons. The molecule has 5 nitrogen and oxygen atoms in total. The fourth-order valence-electron chi connectivity index (χ4n) is 2.81. The van der Waals surface area contributed by atoms with Gasteiger partial charge in [-0.1, -0.05) is 18.2 Å². The molecule has 1 aromatic rings. The van der Waals surface area contributed by atoms with E-state index >= 15 is 0 Å². The average molecular weight is 302 g/mol. The first-order chi connectivity index (χ1) is 10.2. The van der Waals surface area contributed by atoms with Gasteiger partial charge in [-0.05, 0) is 46.9 Å². The first-order valence-electron chi connectivity index (χ1n) is 7.57. The number of benzene rings is 1. The summed E-state index contributed by atoms with van der Waals surface area (Å²) in [6.07, 6.45) is 0. The molecular weight excluding hydrogens is 276 g/mol. The van der Waals surface area contributed by atoms with E-state index in [4.69, 9.17) is 4.99 Å². The highest BCUT2D eigenvalue weighted by atomic mass is 16.1. The van der Waals surface area contributed by atoms with Crippen LogP contribution in [0.25, 0.3) is 0 Å². The van der Waals surface area contributed by atoms with Gasteiger partial charge in [-0.25, -0.2) is 4.99 Å². The molecule has 1 N–H and O–H groups in total. The van der Waals surface area contributed by atoms with Crippen LogP contribution in [0, 0.1) is 0 Å². The van der Waals surface area contributed by atoms with Gasteiger partial charge in [-0.3, -0.25) is 9.69 Å². The van der Waals surface area contributed by atoms with Crippen LogP contribution in [-0.4, -0.2) is 48.5 Å². The molecule has 1 heterocycles. The number of nitrogens with zero attached hydrogens (tertiary/aromatic N) is 3. The molecule has 120 valence electrons. The highest BCUT2D eigenvalue weighted by Gasteiger charge is 2.47. The Morgan fingerprint density at radius 2 is 1.82 bits per heavy atom. The number of anilines is 1. The number of hydrogen-bond acceptors (Lipinski definition) is 4. The summed E-state index contributed by atoms with van der Waals surface area (Å²) in [5, 5.41) is 2.70. The van der Waals surface area contributed by atoms with Crippen LogP contribution < -0.4 is 10.2 Å². The number of nitrogens with one attached hydrogen (secondary N) is 1. The second-order valence-electron chi connectivity index (χ2n) is 6.64. The standard InChI is InChI=1S/C17H26N4O/c1-16(2)15(19-17(3,4)20(16)6)21(12-14(22)18-5)13-10-8-7-9-11-13/h7-11H,12H2,1-6H3,(H,18,22). The molecule has 2 rings (SSSR count). The lowest BCUT2D eigenvalue weighted by Crippen LogP contribution is -2.55. The predicted molar refractivity (Wildman–Crippen MR) is 91.2 cm³/mol. The van der Waals surface area contributed by atoms with E-state index in [-0.39, 0.29) is 23.7 Å². The monoisotopic (exact) mass is 302 g/mol. The average Bonchev–Trinajstić information content (AvgIpc) is 2.65. The largest absolute Gasteiger partial charge is 0.358 e. The SMILES string of the molecule is CNC(=O)CN(C1=NC(C)(C)N(C)C1(C)C)c1ccccc1. The lowest BCUT2D eigenvalue weighted by atomic mass is 10.00. The summed E-state index contributed by atoms with van der Waals surface area (Å²) >= 11 is 0. The van der Waals surface area contributed by atoms with E-state index in [1.807, 2.05) is 35.2 Å². The van der Waals surface area contributed by atoms with Crippen LogP contribution in [0.1, 0.15) is 27.7 Å². The van der Waals surface area contributed by atoms with Crippen molar-refractivity contribution in [2.45, 2.75) is 38.9 Å². The molecule has 0 aromatic heterocycles.